The number of aliphatic hydroxyl groups excluding tert-OH is 1. The molecule has 0 spiro atoms. The molecule has 0 aliphatic carbocycles. The molecule has 148 valence electrons. The molecule has 0 fully saturated rings. The number of aromatic nitrogens is 2. The molecule has 28 heavy (non-hydrogen) atoms. The zero-order chi connectivity index (χ0) is 20.1. The molecule has 1 aromatic heterocycles. The Morgan fingerprint density at radius 1 is 1.04 bits per heavy atom. The molecule has 2 aromatic carbocycles. The first kappa shape index (κ1) is 20.9. The van der Waals surface area contributed by atoms with Gasteiger partial charge < -0.3 is 5.11 Å². The maximum Gasteiger partial charge on any atom is 0.127 e. The number of hydrogen-bond donors (Lipinski definition) is 1. The summed E-state index contributed by atoms with van der Waals surface area (Å²) in [6.07, 6.45) is 1.22. The first-order chi connectivity index (χ1) is 13.5. The van der Waals surface area contributed by atoms with E-state index in [1.54, 1.807) is 0 Å². The fourth-order valence-corrected chi connectivity index (χ4v) is 4.97. The van der Waals surface area contributed by atoms with E-state index in [4.69, 9.17) is 4.98 Å². The van der Waals surface area contributed by atoms with Crippen molar-refractivity contribution in [3.8, 4) is 0 Å². The quantitative estimate of drug-likeness (QED) is 0.491. The van der Waals surface area contributed by atoms with E-state index >= 15 is 0 Å². The summed E-state index contributed by atoms with van der Waals surface area (Å²) in [5, 5.41) is 10.1. The molecule has 0 aliphatic rings. The van der Waals surface area contributed by atoms with Gasteiger partial charge in [-0.25, -0.2) is 13.8 Å². The fourth-order valence-electron chi connectivity index (χ4n) is 2.70. The maximum absolute atomic E-state index is 13.7. The van der Waals surface area contributed by atoms with Gasteiger partial charge in [0.05, 0.1) is 5.69 Å². The first-order valence-electron chi connectivity index (χ1n) is 9.07. The topological polar surface area (TPSA) is 38.1 Å². The molecule has 0 saturated carbocycles. The predicted octanol–water partition coefficient (Wildman–Crippen LogP) is 5.92. The molecule has 0 amide bonds. The Bertz CT molecular complexity index is 909. The molecule has 3 aromatic rings. The van der Waals surface area contributed by atoms with Gasteiger partial charge in [0.1, 0.15) is 22.5 Å². The third kappa shape index (κ3) is 5.16. The number of aryl methyl sites for hydroxylation is 1. The highest BCUT2D eigenvalue weighted by atomic mass is 32.2. The summed E-state index contributed by atoms with van der Waals surface area (Å²) in [4.78, 5) is 6.33. The zero-order valence-corrected chi connectivity index (χ0v) is 17.4. The van der Waals surface area contributed by atoms with Crippen LogP contribution in [-0.4, -0.2) is 20.7 Å². The van der Waals surface area contributed by atoms with Gasteiger partial charge in [0.2, 0.25) is 0 Å². The summed E-state index contributed by atoms with van der Waals surface area (Å²) in [6.45, 7) is 4.18. The molecule has 1 heterocycles. The lowest BCUT2D eigenvalue weighted by Crippen LogP contribution is -2.00. The monoisotopic (exact) mass is 420 g/mol. The van der Waals surface area contributed by atoms with Crippen molar-refractivity contribution < 1.29 is 13.9 Å². The van der Waals surface area contributed by atoms with E-state index in [0.717, 1.165) is 27.5 Å². The van der Waals surface area contributed by atoms with Gasteiger partial charge in [0, 0.05) is 28.9 Å². The van der Waals surface area contributed by atoms with Gasteiger partial charge in [-0.15, -0.1) is 0 Å². The van der Waals surface area contributed by atoms with Crippen molar-refractivity contribution in [1.29, 1.82) is 0 Å². The third-order valence-electron chi connectivity index (χ3n) is 3.98. The highest BCUT2D eigenvalue weighted by Gasteiger charge is 2.22. The van der Waals surface area contributed by atoms with Gasteiger partial charge in [-0.1, -0.05) is 43.8 Å². The van der Waals surface area contributed by atoms with E-state index in [-0.39, 0.29) is 12.5 Å². The minimum Gasteiger partial charge on any atom is -0.396 e. The fraction of sp³-hybridized carbons (Fsp3) is 0.286. The molecule has 0 bridgehead atoms. The summed E-state index contributed by atoms with van der Waals surface area (Å²) in [5.41, 5.74) is 0.881. The molecule has 0 radical (unpaired) electrons. The second-order valence-electron chi connectivity index (χ2n) is 6.61. The van der Waals surface area contributed by atoms with Crippen molar-refractivity contribution in [2.75, 3.05) is 6.61 Å². The van der Waals surface area contributed by atoms with Crippen LogP contribution in [0.2, 0.25) is 0 Å². The van der Waals surface area contributed by atoms with Crippen LogP contribution in [0, 0.1) is 11.6 Å². The average Bonchev–Trinajstić information content (AvgIpc) is 2.97. The molecular weight excluding hydrogens is 398 g/mol. The number of nitrogens with zero attached hydrogens (tertiary/aromatic N) is 2. The lowest BCUT2D eigenvalue weighted by molar-refractivity contribution is 0.287. The van der Waals surface area contributed by atoms with E-state index in [1.165, 1.54) is 35.8 Å². The lowest BCUT2D eigenvalue weighted by atomic mass is 10.2. The van der Waals surface area contributed by atoms with Crippen LogP contribution in [0.1, 0.15) is 37.7 Å². The number of benzene rings is 2. The van der Waals surface area contributed by atoms with Gasteiger partial charge in [-0.05, 0) is 48.6 Å². The smallest absolute Gasteiger partial charge is 0.127 e. The van der Waals surface area contributed by atoms with Crippen LogP contribution in [0.4, 0.5) is 8.78 Å². The second kappa shape index (κ2) is 9.58. The third-order valence-corrected chi connectivity index (χ3v) is 6.21. The van der Waals surface area contributed by atoms with Crippen molar-refractivity contribution in [2.24, 2.45) is 0 Å². The summed E-state index contributed by atoms with van der Waals surface area (Å²) < 4.78 is 29.4. The molecule has 0 saturated heterocycles. The number of hydrogen-bond acceptors (Lipinski definition) is 4. The Labute approximate surface area is 172 Å². The van der Waals surface area contributed by atoms with E-state index in [9.17, 15) is 13.9 Å². The molecule has 0 unspecified atom stereocenters. The molecule has 3 nitrogen and oxygen atoms in total. The van der Waals surface area contributed by atoms with Crippen molar-refractivity contribution in [3.05, 3.63) is 71.7 Å². The Hall–Kier alpha value is -1.83. The van der Waals surface area contributed by atoms with Crippen molar-refractivity contribution >= 4 is 23.7 Å². The minimum absolute atomic E-state index is 0.0808. The molecule has 7 heteroatoms. The van der Waals surface area contributed by atoms with E-state index < -0.39 is 11.6 Å². The number of aliphatic hydroxyl groups is 1. The molecule has 1 N–H and O–H groups in total. The molecular formula is C21H22F2N2OS2. The average molecular weight is 421 g/mol. The number of halogens is 2. The van der Waals surface area contributed by atoms with Crippen LogP contribution in [0.25, 0.3) is 0 Å². The number of rotatable bonds is 8. The van der Waals surface area contributed by atoms with Crippen molar-refractivity contribution in [1.82, 2.24) is 8.96 Å². The van der Waals surface area contributed by atoms with Gasteiger partial charge in [0.15, 0.2) is 0 Å². The SMILES string of the molecule is CC(C)c1nc(CCCO)n(Sc2ccccc2)c1Sc1cc(F)cc(F)c1. The summed E-state index contributed by atoms with van der Waals surface area (Å²) in [7, 11) is 0. The minimum atomic E-state index is -0.601. The molecule has 0 atom stereocenters. The number of imidazole rings is 1. The lowest BCUT2D eigenvalue weighted by Gasteiger charge is -2.12. The summed E-state index contributed by atoms with van der Waals surface area (Å²) in [6, 6.07) is 13.4. The van der Waals surface area contributed by atoms with Crippen LogP contribution >= 0.6 is 23.7 Å². The van der Waals surface area contributed by atoms with Crippen molar-refractivity contribution in [2.45, 2.75) is 47.4 Å². The second-order valence-corrected chi connectivity index (χ2v) is 8.69. The van der Waals surface area contributed by atoms with E-state index in [0.29, 0.717) is 17.7 Å². The predicted molar refractivity (Wildman–Crippen MR) is 110 cm³/mol. The van der Waals surface area contributed by atoms with Gasteiger partial charge in [-0.3, -0.25) is 3.97 Å². The van der Waals surface area contributed by atoms with Crippen LogP contribution in [0.5, 0.6) is 0 Å². The normalized spacial score (nSPS) is 11.4. The molecule has 0 aliphatic heterocycles. The van der Waals surface area contributed by atoms with E-state index in [1.807, 2.05) is 48.2 Å². The van der Waals surface area contributed by atoms with E-state index in [2.05, 4.69) is 0 Å². The van der Waals surface area contributed by atoms with Gasteiger partial charge in [-0.2, -0.15) is 0 Å². The van der Waals surface area contributed by atoms with Crippen LogP contribution in [0.15, 0.2) is 63.3 Å². The largest absolute Gasteiger partial charge is 0.396 e. The molecule has 3 rings (SSSR count). The summed E-state index contributed by atoms with van der Waals surface area (Å²) >= 11 is 2.83. The Morgan fingerprint density at radius 2 is 1.71 bits per heavy atom. The van der Waals surface area contributed by atoms with Crippen molar-refractivity contribution in [3.63, 3.8) is 0 Å². The maximum atomic E-state index is 13.7. The zero-order valence-electron chi connectivity index (χ0n) is 15.7. The van der Waals surface area contributed by atoms with Crippen LogP contribution < -0.4 is 0 Å². The van der Waals surface area contributed by atoms with Gasteiger partial charge in [0.25, 0.3) is 0 Å². The van der Waals surface area contributed by atoms with Gasteiger partial charge >= 0.3 is 0 Å². The Balaban J connectivity index is 2.06. The first-order valence-corrected chi connectivity index (χ1v) is 10.7. The van der Waals surface area contributed by atoms with Crippen LogP contribution in [-0.2, 0) is 6.42 Å². The standard InChI is InChI=1S/C21H22F2N2OS2/c1-14(2)20-21(27-18-12-15(22)11-16(23)13-18)25(19(24-20)9-6-10-26)28-17-7-4-3-5-8-17/h3-5,7-8,11-14,26H,6,9-10H2,1-2H3. The van der Waals surface area contributed by atoms with Crippen LogP contribution in [0.3, 0.4) is 0 Å². The Kier molecular flexibility index (Phi) is 7.15. The Morgan fingerprint density at radius 3 is 2.32 bits per heavy atom. The highest BCUT2D eigenvalue weighted by molar-refractivity contribution is 8.01. The highest BCUT2D eigenvalue weighted by Crippen LogP contribution is 2.39. The summed E-state index contributed by atoms with van der Waals surface area (Å²) in [5.74, 6) is -0.218.